The van der Waals surface area contributed by atoms with Gasteiger partial charge >= 0.3 is 0 Å². The highest BCUT2D eigenvalue weighted by molar-refractivity contribution is 6.31. The predicted octanol–water partition coefficient (Wildman–Crippen LogP) is 3.92. The minimum atomic E-state index is -0.330. The van der Waals surface area contributed by atoms with E-state index in [0.29, 0.717) is 10.8 Å². The number of phenols is 1. The average molecular weight is 319 g/mol. The van der Waals surface area contributed by atoms with Crippen LogP contribution in [0.15, 0.2) is 48.5 Å². The van der Waals surface area contributed by atoms with Crippen molar-refractivity contribution in [2.45, 2.75) is 0 Å². The Bertz CT molecular complexity index is 695. The number of benzene rings is 2. The Balaban J connectivity index is 2.14. The van der Waals surface area contributed by atoms with Gasteiger partial charge in [-0.25, -0.2) is 0 Å². The normalized spacial score (nSPS) is 10.8. The number of hydrogen-bond donors (Lipinski definition) is 1. The van der Waals surface area contributed by atoms with Crippen molar-refractivity contribution in [3.05, 3.63) is 64.7 Å². The topological polar surface area (TPSA) is 55.8 Å². The Labute approximate surface area is 133 Å². The van der Waals surface area contributed by atoms with Gasteiger partial charge in [-0.3, -0.25) is 4.79 Å². The van der Waals surface area contributed by atoms with Gasteiger partial charge in [0, 0.05) is 12.1 Å². The number of allylic oxidation sites excluding steroid dienone is 1. The molecule has 0 radical (unpaired) electrons. The van der Waals surface area contributed by atoms with Crippen LogP contribution < -0.4 is 4.74 Å². The van der Waals surface area contributed by atoms with Crippen LogP contribution in [0.3, 0.4) is 0 Å². The largest absolute Gasteiger partial charge is 0.507 e. The van der Waals surface area contributed by atoms with Crippen LogP contribution >= 0.6 is 11.6 Å². The molecule has 0 aromatic heterocycles. The molecule has 0 aliphatic heterocycles. The molecule has 22 heavy (non-hydrogen) atoms. The Hall–Kier alpha value is -2.30. The number of methoxy groups -OCH3 is 1. The summed E-state index contributed by atoms with van der Waals surface area (Å²) in [5.41, 5.74) is 0.957. The van der Waals surface area contributed by atoms with Crippen LogP contribution in [0.1, 0.15) is 15.9 Å². The fraction of sp³-hybridized carbons (Fsp3) is 0.118. The average Bonchev–Trinajstić information content (AvgIpc) is 2.53. The maximum atomic E-state index is 12.1. The third-order valence-corrected chi connectivity index (χ3v) is 3.09. The smallest absolute Gasteiger partial charge is 0.189 e. The highest BCUT2D eigenvalue weighted by Crippen LogP contribution is 2.22. The molecule has 114 valence electrons. The Kier molecular flexibility index (Phi) is 5.58. The van der Waals surface area contributed by atoms with Gasteiger partial charge in [0.25, 0.3) is 0 Å². The molecule has 1 N–H and O–H groups in total. The van der Waals surface area contributed by atoms with Gasteiger partial charge in [-0.1, -0.05) is 29.8 Å². The zero-order valence-corrected chi connectivity index (χ0v) is 12.7. The van der Waals surface area contributed by atoms with E-state index in [2.05, 4.69) is 0 Å². The number of rotatable bonds is 6. The summed E-state index contributed by atoms with van der Waals surface area (Å²) in [5, 5.41) is 10.1. The van der Waals surface area contributed by atoms with Gasteiger partial charge in [-0.05, 0) is 42.0 Å². The monoisotopic (exact) mass is 318 g/mol. The van der Waals surface area contributed by atoms with E-state index < -0.39 is 0 Å². The van der Waals surface area contributed by atoms with Crippen LogP contribution in [-0.4, -0.2) is 24.8 Å². The van der Waals surface area contributed by atoms with E-state index in [9.17, 15) is 9.90 Å². The number of ketones is 1. The summed E-state index contributed by atoms with van der Waals surface area (Å²) < 4.78 is 10.2. The zero-order chi connectivity index (χ0) is 15.9. The molecular weight excluding hydrogens is 304 g/mol. The number of hydrogen-bond acceptors (Lipinski definition) is 4. The lowest BCUT2D eigenvalue weighted by Crippen LogP contribution is -1.98. The van der Waals surface area contributed by atoms with Gasteiger partial charge in [-0.15, -0.1) is 0 Å². The number of ether oxygens (including phenoxy) is 2. The first-order chi connectivity index (χ1) is 10.6. The Morgan fingerprint density at radius 3 is 2.86 bits per heavy atom. The number of carbonyl (C=O) groups is 1. The highest BCUT2D eigenvalue weighted by Gasteiger charge is 2.08. The van der Waals surface area contributed by atoms with Crippen LogP contribution in [0.2, 0.25) is 5.02 Å². The van der Waals surface area contributed by atoms with Crippen LogP contribution in [0.5, 0.6) is 11.5 Å². The Morgan fingerprint density at radius 2 is 2.09 bits per heavy atom. The second kappa shape index (κ2) is 7.64. The molecule has 0 bridgehead atoms. The lowest BCUT2D eigenvalue weighted by Gasteiger charge is -2.05. The molecule has 2 rings (SSSR count). The van der Waals surface area contributed by atoms with Crippen molar-refractivity contribution in [3.8, 4) is 11.5 Å². The van der Waals surface area contributed by atoms with Crippen molar-refractivity contribution >= 4 is 23.5 Å². The number of phenolic OH excluding ortho intramolecular Hbond substituents is 1. The minimum absolute atomic E-state index is 0.101. The van der Waals surface area contributed by atoms with E-state index >= 15 is 0 Å². The first-order valence-electron chi connectivity index (χ1n) is 6.53. The summed E-state index contributed by atoms with van der Waals surface area (Å²) >= 11 is 5.83. The SMILES string of the molecule is COCOc1cccc(C=CC(=O)c2cc(Cl)ccc2O)c1. The summed E-state index contributed by atoms with van der Waals surface area (Å²) in [7, 11) is 1.54. The minimum Gasteiger partial charge on any atom is -0.507 e. The molecule has 0 amide bonds. The molecule has 0 spiro atoms. The van der Waals surface area contributed by atoms with Crippen LogP contribution in [0.25, 0.3) is 6.08 Å². The lowest BCUT2D eigenvalue weighted by molar-refractivity contribution is 0.0511. The molecule has 0 aliphatic rings. The quantitative estimate of drug-likeness (QED) is 0.498. The van der Waals surface area contributed by atoms with Crippen LogP contribution in [0, 0.1) is 0 Å². The van der Waals surface area contributed by atoms with Crippen molar-refractivity contribution in [1.82, 2.24) is 0 Å². The first-order valence-corrected chi connectivity index (χ1v) is 6.90. The Morgan fingerprint density at radius 1 is 1.27 bits per heavy atom. The molecule has 5 heteroatoms. The standard InChI is InChI=1S/C17H15ClO4/c1-21-11-22-14-4-2-3-12(9-14)5-7-16(19)15-10-13(18)6-8-17(15)20/h2-10,20H,11H2,1H3. The molecule has 4 nitrogen and oxygen atoms in total. The third-order valence-electron chi connectivity index (χ3n) is 2.85. The van der Waals surface area contributed by atoms with Crippen LogP contribution in [-0.2, 0) is 4.74 Å². The number of carbonyl (C=O) groups excluding carboxylic acids is 1. The first kappa shape index (κ1) is 16.1. The van der Waals surface area contributed by atoms with Gasteiger partial charge in [0.15, 0.2) is 12.6 Å². The van der Waals surface area contributed by atoms with Gasteiger partial charge in [0.2, 0.25) is 0 Å². The number of halogens is 1. The molecule has 0 unspecified atom stereocenters. The van der Waals surface area contributed by atoms with E-state index in [1.54, 1.807) is 25.3 Å². The lowest BCUT2D eigenvalue weighted by atomic mass is 10.1. The highest BCUT2D eigenvalue weighted by atomic mass is 35.5. The fourth-order valence-corrected chi connectivity index (χ4v) is 1.97. The summed E-state index contributed by atoms with van der Waals surface area (Å²) in [5.74, 6) is 0.210. The van der Waals surface area contributed by atoms with Crippen molar-refractivity contribution in [2.24, 2.45) is 0 Å². The fourth-order valence-electron chi connectivity index (χ4n) is 1.80. The van der Waals surface area contributed by atoms with E-state index in [1.807, 2.05) is 12.1 Å². The van der Waals surface area contributed by atoms with Gasteiger partial charge in [0.1, 0.15) is 11.5 Å². The molecule has 2 aromatic rings. The van der Waals surface area contributed by atoms with Gasteiger partial charge in [0.05, 0.1) is 5.56 Å². The van der Waals surface area contributed by atoms with Crippen molar-refractivity contribution < 1.29 is 19.4 Å². The second-order valence-electron chi connectivity index (χ2n) is 4.48. The van der Waals surface area contributed by atoms with Crippen molar-refractivity contribution in [2.75, 3.05) is 13.9 Å². The molecule has 2 aromatic carbocycles. The molecule has 0 atom stereocenters. The van der Waals surface area contributed by atoms with E-state index in [0.717, 1.165) is 5.56 Å². The molecule has 0 saturated heterocycles. The maximum absolute atomic E-state index is 12.1. The molecule has 0 fully saturated rings. The summed E-state index contributed by atoms with van der Waals surface area (Å²) in [6, 6.07) is 11.6. The zero-order valence-electron chi connectivity index (χ0n) is 12.0. The maximum Gasteiger partial charge on any atom is 0.189 e. The summed E-state index contributed by atoms with van der Waals surface area (Å²) in [6.45, 7) is 0.155. The van der Waals surface area contributed by atoms with Gasteiger partial charge < -0.3 is 14.6 Å². The third kappa shape index (κ3) is 4.35. The van der Waals surface area contributed by atoms with E-state index in [4.69, 9.17) is 21.1 Å². The molecule has 0 saturated carbocycles. The van der Waals surface area contributed by atoms with E-state index in [-0.39, 0.29) is 23.9 Å². The predicted molar refractivity (Wildman–Crippen MR) is 85.4 cm³/mol. The molecule has 0 aliphatic carbocycles. The van der Waals surface area contributed by atoms with Gasteiger partial charge in [-0.2, -0.15) is 0 Å². The van der Waals surface area contributed by atoms with Crippen LogP contribution in [0.4, 0.5) is 0 Å². The van der Waals surface area contributed by atoms with E-state index in [1.165, 1.54) is 24.3 Å². The number of aromatic hydroxyl groups is 1. The molecular formula is C17H15ClO4. The second-order valence-corrected chi connectivity index (χ2v) is 4.92. The van der Waals surface area contributed by atoms with Crippen molar-refractivity contribution in [3.63, 3.8) is 0 Å². The summed E-state index contributed by atoms with van der Waals surface area (Å²) in [6.07, 6.45) is 3.02. The van der Waals surface area contributed by atoms with Crippen molar-refractivity contribution in [1.29, 1.82) is 0 Å². The molecule has 0 heterocycles. The summed E-state index contributed by atoms with van der Waals surface area (Å²) in [4.78, 5) is 12.1.